The number of benzene rings is 4. The normalized spacial score (nSPS) is 10.9. The first kappa shape index (κ1) is 20.2. The van der Waals surface area contributed by atoms with Crippen molar-refractivity contribution in [2.75, 3.05) is 5.32 Å². The van der Waals surface area contributed by atoms with Crippen LogP contribution in [0, 0.1) is 0 Å². The molecular formula is C25H16ClN3O2S. The van der Waals surface area contributed by atoms with Crippen LogP contribution in [0.4, 0.5) is 5.69 Å². The molecule has 0 unspecified atom stereocenters. The minimum Gasteiger partial charge on any atom is -0.436 e. The molecule has 1 amide bonds. The van der Waals surface area contributed by atoms with Crippen molar-refractivity contribution in [3.63, 3.8) is 0 Å². The van der Waals surface area contributed by atoms with Gasteiger partial charge in [-0.2, -0.15) is 0 Å². The number of carbonyl (C=O) groups is 1. The highest BCUT2D eigenvalue weighted by atomic mass is 35.5. The maximum absolute atomic E-state index is 12.8. The number of carbonyl (C=O) groups excluding carboxylic acids is 1. The van der Waals surface area contributed by atoms with Gasteiger partial charge >= 0.3 is 0 Å². The zero-order valence-corrected chi connectivity index (χ0v) is 18.2. The van der Waals surface area contributed by atoms with Gasteiger partial charge in [0.1, 0.15) is 5.52 Å². The van der Waals surface area contributed by atoms with Gasteiger partial charge < -0.3 is 9.73 Å². The van der Waals surface area contributed by atoms with Crippen molar-refractivity contribution in [2.45, 2.75) is 0 Å². The van der Waals surface area contributed by atoms with E-state index in [1.165, 1.54) is 0 Å². The number of anilines is 1. The molecule has 5 rings (SSSR count). The average molecular weight is 458 g/mol. The lowest BCUT2D eigenvalue weighted by atomic mass is 10.0. The molecule has 1 aromatic heterocycles. The van der Waals surface area contributed by atoms with Crippen LogP contribution in [-0.2, 0) is 0 Å². The summed E-state index contributed by atoms with van der Waals surface area (Å²) in [6, 6.07) is 26.1. The molecule has 5 nitrogen and oxygen atoms in total. The van der Waals surface area contributed by atoms with Crippen LogP contribution < -0.4 is 10.6 Å². The molecule has 0 spiro atoms. The van der Waals surface area contributed by atoms with Crippen molar-refractivity contribution in [1.29, 1.82) is 0 Å². The standard InChI is InChI=1S/C25H16ClN3O2S/c26-19-13-12-16(24-27-20-10-3-4-11-22(20)31-24)14-21(19)28-25(32)29-23(30)18-9-5-7-15-6-1-2-8-17(15)18/h1-14H,(H2,28,29,30,32). The number of rotatable bonds is 3. The number of nitrogens with one attached hydrogen (secondary N) is 2. The highest BCUT2D eigenvalue weighted by Crippen LogP contribution is 2.30. The molecule has 0 atom stereocenters. The van der Waals surface area contributed by atoms with Crippen LogP contribution in [0.15, 0.2) is 89.3 Å². The first-order valence-corrected chi connectivity index (χ1v) is 10.6. The van der Waals surface area contributed by atoms with Gasteiger partial charge in [0, 0.05) is 11.1 Å². The Labute approximate surface area is 194 Å². The first-order valence-electron chi connectivity index (χ1n) is 9.84. The molecule has 0 bridgehead atoms. The van der Waals surface area contributed by atoms with Gasteiger partial charge in [-0.05, 0) is 59.4 Å². The summed E-state index contributed by atoms with van der Waals surface area (Å²) in [7, 11) is 0. The molecule has 4 aromatic carbocycles. The van der Waals surface area contributed by atoms with E-state index in [4.69, 9.17) is 28.2 Å². The predicted molar refractivity (Wildman–Crippen MR) is 132 cm³/mol. The van der Waals surface area contributed by atoms with Crippen LogP contribution in [0.25, 0.3) is 33.3 Å². The summed E-state index contributed by atoms with van der Waals surface area (Å²) in [6.07, 6.45) is 0. The molecule has 1 heterocycles. The zero-order chi connectivity index (χ0) is 22.1. The third kappa shape index (κ3) is 3.93. The number of thiocarbonyl (C=S) groups is 1. The number of hydrogen-bond donors (Lipinski definition) is 2. The smallest absolute Gasteiger partial charge is 0.258 e. The van der Waals surface area contributed by atoms with Crippen molar-refractivity contribution >= 4 is 62.4 Å². The van der Waals surface area contributed by atoms with Crippen molar-refractivity contribution in [2.24, 2.45) is 0 Å². The number of halogens is 1. The molecule has 32 heavy (non-hydrogen) atoms. The van der Waals surface area contributed by atoms with E-state index in [9.17, 15) is 4.79 Å². The summed E-state index contributed by atoms with van der Waals surface area (Å²) in [5.74, 6) is 0.169. The molecule has 0 saturated carbocycles. The van der Waals surface area contributed by atoms with Gasteiger partial charge in [0.25, 0.3) is 5.91 Å². The lowest BCUT2D eigenvalue weighted by molar-refractivity contribution is 0.0979. The maximum atomic E-state index is 12.8. The molecule has 0 aliphatic rings. The molecule has 5 aromatic rings. The fourth-order valence-electron chi connectivity index (χ4n) is 3.50. The minimum atomic E-state index is -0.300. The lowest BCUT2D eigenvalue weighted by Crippen LogP contribution is -2.34. The highest BCUT2D eigenvalue weighted by Gasteiger charge is 2.14. The number of nitrogens with zero attached hydrogens (tertiary/aromatic N) is 1. The fourth-order valence-corrected chi connectivity index (χ4v) is 3.86. The molecule has 0 fully saturated rings. The number of aromatic nitrogens is 1. The van der Waals surface area contributed by atoms with Gasteiger partial charge in [-0.3, -0.25) is 10.1 Å². The molecule has 0 aliphatic heterocycles. The Morgan fingerprint density at radius 2 is 1.72 bits per heavy atom. The zero-order valence-electron chi connectivity index (χ0n) is 16.6. The van der Waals surface area contributed by atoms with Gasteiger partial charge in [0.15, 0.2) is 10.7 Å². The Balaban J connectivity index is 1.37. The number of amides is 1. The van der Waals surface area contributed by atoms with Crippen LogP contribution in [0.2, 0.25) is 5.02 Å². The van der Waals surface area contributed by atoms with Crippen LogP contribution in [-0.4, -0.2) is 16.0 Å². The summed E-state index contributed by atoms with van der Waals surface area (Å²) >= 11 is 11.7. The van der Waals surface area contributed by atoms with Gasteiger partial charge in [-0.1, -0.05) is 60.1 Å². The molecule has 2 N–H and O–H groups in total. The van der Waals surface area contributed by atoms with Crippen molar-refractivity contribution in [3.8, 4) is 11.5 Å². The van der Waals surface area contributed by atoms with Crippen LogP contribution in [0.3, 0.4) is 0 Å². The summed E-state index contributed by atoms with van der Waals surface area (Å²) in [5.41, 5.74) is 3.28. The molecule has 156 valence electrons. The minimum absolute atomic E-state index is 0.138. The van der Waals surface area contributed by atoms with E-state index in [1.807, 2.05) is 66.7 Å². The van der Waals surface area contributed by atoms with Gasteiger partial charge in [0.05, 0.1) is 10.7 Å². The number of para-hydroxylation sites is 2. The Kier molecular flexibility index (Phi) is 5.31. The number of hydrogen-bond acceptors (Lipinski definition) is 4. The summed E-state index contributed by atoms with van der Waals surface area (Å²) in [4.78, 5) is 17.3. The van der Waals surface area contributed by atoms with E-state index in [1.54, 1.807) is 18.2 Å². The maximum Gasteiger partial charge on any atom is 0.258 e. The van der Waals surface area contributed by atoms with Crippen molar-refractivity contribution in [1.82, 2.24) is 10.3 Å². The quantitative estimate of drug-likeness (QED) is 0.306. The second-order valence-electron chi connectivity index (χ2n) is 7.12. The monoisotopic (exact) mass is 457 g/mol. The molecule has 7 heteroatoms. The van der Waals surface area contributed by atoms with E-state index in [-0.39, 0.29) is 11.0 Å². The van der Waals surface area contributed by atoms with Gasteiger partial charge in [0.2, 0.25) is 5.89 Å². The molecule has 0 aliphatic carbocycles. The van der Waals surface area contributed by atoms with E-state index in [2.05, 4.69) is 15.6 Å². The summed E-state index contributed by atoms with van der Waals surface area (Å²) in [6.45, 7) is 0. The fraction of sp³-hybridized carbons (Fsp3) is 0. The average Bonchev–Trinajstić information content (AvgIpc) is 3.24. The molecule has 0 radical (unpaired) electrons. The Morgan fingerprint density at radius 3 is 2.59 bits per heavy atom. The number of oxazole rings is 1. The summed E-state index contributed by atoms with van der Waals surface area (Å²) < 4.78 is 5.83. The van der Waals surface area contributed by atoms with Crippen LogP contribution in [0.1, 0.15) is 10.4 Å². The Hall–Kier alpha value is -3.74. The third-order valence-corrected chi connectivity index (χ3v) is 5.55. The third-order valence-electron chi connectivity index (χ3n) is 5.02. The predicted octanol–water partition coefficient (Wildman–Crippen LogP) is 6.43. The summed E-state index contributed by atoms with van der Waals surface area (Å²) in [5, 5.41) is 8.15. The van der Waals surface area contributed by atoms with Crippen molar-refractivity contribution < 1.29 is 9.21 Å². The van der Waals surface area contributed by atoms with Gasteiger partial charge in [-0.15, -0.1) is 0 Å². The van der Waals surface area contributed by atoms with E-state index in [0.29, 0.717) is 27.7 Å². The van der Waals surface area contributed by atoms with Gasteiger partial charge in [-0.25, -0.2) is 4.98 Å². The van der Waals surface area contributed by atoms with Crippen molar-refractivity contribution in [3.05, 3.63) is 95.5 Å². The van der Waals surface area contributed by atoms with E-state index in [0.717, 1.165) is 21.9 Å². The SMILES string of the molecule is O=C(NC(=S)Nc1cc(-c2nc3ccccc3o2)ccc1Cl)c1cccc2ccccc12. The largest absolute Gasteiger partial charge is 0.436 e. The topological polar surface area (TPSA) is 67.2 Å². The lowest BCUT2D eigenvalue weighted by Gasteiger charge is -2.12. The second kappa shape index (κ2) is 8.42. The van der Waals surface area contributed by atoms with E-state index >= 15 is 0 Å². The van der Waals surface area contributed by atoms with Crippen LogP contribution in [0.5, 0.6) is 0 Å². The highest BCUT2D eigenvalue weighted by molar-refractivity contribution is 7.80. The second-order valence-corrected chi connectivity index (χ2v) is 7.93. The molecule has 0 saturated heterocycles. The van der Waals surface area contributed by atoms with E-state index < -0.39 is 0 Å². The van der Waals surface area contributed by atoms with Crippen LogP contribution >= 0.6 is 23.8 Å². The number of fused-ring (bicyclic) bond motifs is 2. The first-order chi connectivity index (χ1) is 15.6. The Morgan fingerprint density at radius 1 is 0.938 bits per heavy atom. The molecular weight excluding hydrogens is 442 g/mol. The Bertz CT molecular complexity index is 1460.